The number of hydrogen-bond acceptors (Lipinski definition) is 3. The van der Waals surface area contributed by atoms with Crippen LogP contribution in [-0.2, 0) is 14.6 Å². The standard InChI is InChI=1S/C18H19NO3S/c1-14(8-9-16-6-4-3-5-7-16)23(21,22)18-12-10-17(11-13-18)19-15(2)20/h3-14H,1-2H3,(H,19,20)/b9-8+. The van der Waals surface area contributed by atoms with E-state index in [1.54, 1.807) is 31.2 Å². The Labute approximate surface area is 136 Å². The van der Waals surface area contributed by atoms with E-state index in [2.05, 4.69) is 5.32 Å². The van der Waals surface area contributed by atoms with Crippen molar-refractivity contribution < 1.29 is 13.2 Å². The zero-order valence-corrected chi connectivity index (χ0v) is 13.9. The molecule has 0 spiro atoms. The van der Waals surface area contributed by atoms with Gasteiger partial charge in [-0.15, -0.1) is 0 Å². The van der Waals surface area contributed by atoms with Gasteiger partial charge in [0.25, 0.3) is 0 Å². The Morgan fingerprint density at radius 2 is 1.65 bits per heavy atom. The summed E-state index contributed by atoms with van der Waals surface area (Å²) < 4.78 is 25.1. The second kappa shape index (κ2) is 7.24. The number of hydrogen-bond donors (Lipinski definition) is 1. The van der Waals surface area contributed by atoms with Crippen molar-refractivity contribution in [1.82, 2.24) is 0 Å². The van der Waals surface area contributed by atoms with Gasteiger partial charge in [-0.05, 0) is 36.8 Å². The maximum Gasteiger partial charge on any atom is 0.221 e. The number of nitrogens with one attached hydrogen (secondary N) is 1. The molecule has 1 atom stereocenters. The Bertz CT molecular complexity index is 794. The summed E-state index contributed by atoms with van der Waals surface area (Å²) in [6, 6.07) is 15.7. The molecule has 120 valence electrons. The summed E-state index contributed by atoms with van der Waals surface area (Å²) in [6.07, 6.45) is 3.47. The first-order valence-corrected chi connectivity index (χ1v) is 8.79. The lowest BCUT2D eigenvalue weighted by Gasteiger charge is -2.10. The molecule has 5 heteroatoms. The fourth-order valence-corrected chi connectivity index (χ4v) is 3.29. The first-order chi connectivity index (χ1) is 10.9. The van der Waals surface area contributed by atoms with E-state index in [0.29, 0.717) is 5.69 Å². The van der Waals surface area contributed by atoms with Gasteiger partial charge in [0, 0.05) is 12.6 Å². The molecule has 0 aliphatic carbocycles. The van der Waals surface area contributed by atoms with E-state index in [0.717, 1.165) is 5.56 Å². The van der Waals surface area contributed by atoms with Crippen LogP contribution in [0.25, 0.3) is 6.08 Å². The molecule has 0 aliphatic heterocycles. The van der Waals surface area contributed by atoms with E-state index in [-0.39, 0.29) is 10.8 Å². The van der Waals surface area contributed by atoms with Gasteiger partial charge in [-0.1, -0.05) is 42.5 Å². The van der Waals surface area contributed by atoms with Gasteiger partial charge in [-0.3, -0.25) is 4.79 Å². The van der Waals surface area contributed by atoms with Crippen molar-refractivity contribution in [3.05, 3.63) is 66.2 Å². The average molecular weight is 329 g/mol. The number of anilines is 1. The summed E-state index contributed by atoms with van der Waals surface area (Å²) in [5.74, 6) is -0.195. The molecule has 0 heterocycles. The van der Waals surface area contributed by atoms with E-state index in [4.69, 9.17) is 0 Å². The van der Waals surface area contributed by atoms with Crippen molar-refractivity contribution in [2.45, 2.75) is 24.0 Å². The van der Waals surface area contributed by atoms with Crippen LogP contribution in [0.5, 0.6) is 0 Å². The van der Waals surface area contributed by atoms with Gasteiger partial charge >= 0.3 is 0 Å². The number of sulfone groups is 1. The molecule has 23 heavy (non-hydrogen) atoms. The number of rotatable bonds is 5. The summed E-state index contributed by atoms with van der Waals surface area (Å²) >= 11 is 0. The van der Waals surface area contributed by atoms with E-state index in [1.807, 2.05) is 30.3 Å². The van der Waals surface area contributed by atoms with Crippen LogP contribution < -0.4 is 5.32 Å². The van der Waals surface area contributed by atoms with Crippen LogP contribution in [0.15, 0.2) is 65.6 Å². The monoisotopic (exact) mass is 329 g/mol. The lowest BCUT2D eigenvalue weighted by molar-refractivity contribution is -0.114. The van der Waals surface area contributed by atoms with Crippen LogP contribution in [0.3, 0.4) is 0 Å². The third-order valence-corrected chi connectivity index (χ3v) is 5.42. The third-order valence-electron chi connectivity index (χ3n) is 3.35. The lowest BCUT2D eigenvalue weighted by atomic mass is 10.2. The van der Waals surface area contributed by atoms with Crippen LogP contribution in [0, 0.1) is 0 Å². The normalized spacial score (nSPS) is 13.0. The third kappa shape index (κ3) is 4.53. The molecule has 0 saturated carbocycles. The molecule has 0 aromatic heterocycles. The molecule has 1 amide bonds. The molecule has 2 aromatic carbocycles. The molecule has 0 fully saturated rings. The Balaban J connectivity index is 2.17. The van der Waals surface area contributed by atoms with Gasteiger partial charge in [-0.25, -0.2) is 8.42 Å². The predicted octanol–water partition coefficient (Wildman–Crippen LogP) is 3.52. The van der Waals surface area contributed by atoms with Gasteiger partial charge in [0.15, 0.2) is 9.84 Å². The molecule has 0 saturated heterocycles. The van der Waals surface area contributed by atoms with E-state index >= 15 is 0 Å². The van der Waals surface area contributed by atoms with Crippen LogP contribution in [-0.4, -0.2) is 19.6 Å². The second-order valence-electron chi connectivity index (χ2n) is 5.23. The highest BCUT2D eigenvalue weighted by atomic mass is 32.2. The SMILES string of the molecule is CC(=O)Nc1ccc(S(=O)(=O)C(C)/C=C/c2ccccc2)cc1. The molecule has 1 unspecified atom stereocenters. The van der Waals surface area contributed by atoms with Gasteiger partial charge in [0.05, 0.1) is 10.1 Å². The summed E-state index contributed by atoms with van der Waals surface area (Å²) in [5.41, 5.74) is 1.53. The number of benzene rings is 2. The summed E-state index contributed by atoms with van der Waals surface area (Å²) in [7, 11) is -3.45. The molecule has 1 N–H and O–H groups in total. The van der Waals surface area contributed by atoms with Crippen LogP contribution in [0.4, 0.5) is 5.69 Å². The first kappa shape index (κ1) is 17.0. The van der Waals surface area contributed by atoms with Crippen molar-refractivity contribution >= 4 is 27.5 Å². The van der Waals surface area contributed by atoms with E-state index in [1.165, 1.54) is 19.1 Å². The molecule has 2 rings (SSSR count). The maximum absolute atomic E-state index is 12.5. The Hall–Kier alpha value is -2.40. The number of amides is 1. The smallest absolute Gasteiger partial charge is 0.221 e. The zero-order valence-electron chi connectivity index (χ0n) is 13.1. The van der Waals surface area contributed by atoms with Gasteiger partial charge in [-0.2, -0.15) is 0 Å². The van der Waals surface area contributed by atoms with Crippen molar-refractivity contribution in [2.24, 2.45) is 0 Å². The molecule has 0 aliphatic rings. The first-order valence-electron chi connectivity index (χ1n) is 7.24. The Kier molecular flexibility index (Phi) is 5.34. The minimum atomic E-state index is -3.45. The summed E-state index contributed by atoms with van der Waals surface area (Å²) in [5, 5.41) is 1.97. The highest BCUT2D eigenvalue weighted by Crippen LogP contribution is 2.20. The molecule has 2 aromatic rings. The van der Waals surface area contributed by atoms with Crippen molar-refractivity contribution in [2.75, 3.05) is 5.32 Å². The fourth-order valence-electron chi connectivity index (χ4n) is 2.06. The summed E-state index contributed by atoms with van der Waals surface area (Å²) in [6.45, 7) is 3.05. The highest BCUT2D eigenvalue weighted by Gasteiger charge is 2.20. The van der Waals surface area contributed by atoms with Gasteiger partial charge in [0.1, 0.15) is 0 Å². The second-order valence-corrected chi connectivity index (χ2v) is 7.53. The molecule has 0 bridgehead atoms. The summed E-state index contributed by atoms with van der Waals surface area (Å²) in [4.78, 5) is 11.2. The molecule has 4 nitrogen and oxygen atoms in total. The van der Waals surface area contributed by atoms with Crippen LogP contribution in [0.1, 0.15) is 19.4 Å². The minimum absolute atomic E-state index is 0.195. The molecular weight excluding hydrogens is 310 g/mol. The Morgan fingerprint density at radius 3 is 2.22 bits per heavy atom. The quantitative estimate of drug-likeness (QED) is 0.913. The molecular formula is C18H19NO3S. The van der Waals surface area contributed by atoms with Crippen molar-refractivity contribution in [3.63, 3.8) is 0 Å². The van der Waals surface area contributed by atoms with Crippen molar-refractivity contribution in [1.29, 1.82) is 0 Å². The largest absolute Gasteiger partial charge is 0.326 e. The van der Waals surface area contributed by atoms with E-state index < -0.39 is 15.1 Å². The minimum Gasteiger partial charge on any atom is -0.326 e. The number of carbonyl (C=O) groups excluding carboxylic acids is 1. The maximum atomic E-state index is 12.5. The van der Waals surface area contributed by atoms with Gasteiger partial charge < -0.3 is 5.32 Å². The van der Waals surface area contributed by atoms with Crippen LogP contribution >= 0.6 is 0 Å². The topological polar surface area (TPSA) is 63.2 Å². The van der Waals surface area contributed by atoms with Crippen LogP contribution in [0.2, 0.25) is 0 Å². The molecule has 0 radical (unpaired) electrons. The lowest BCUT2D eigenvalue weighted by Crippen LogP contribution is -2.15. The zero-order chi connectivity index (χ0) is 16.9. The average Bonchev–Trinajstić information content (AvgIpc) is 2.53. The highest BCUT2D eigenvalue weighted by molar-refractivity contribution is 7.92. The Morgan fingerprint density at radius 1 is 1.04 bits per heavy atom. The van der Waals surface area contributed by atoms with Gasteiger partial charge in [0.2, 0.25) is 5.91 Å². The van der Waals surface area contributed by atoms with E-state index in [9.17, 15) is 13.2 Å². The predicted molar refractivity (Wildman–Crippen MR) is 92.9 cm³/mol. The van der Waals surface area contributed by atoms with Crippen molar-refractivity contribution in [3.8, 4) is 0 Å². The number of carbonyl (C=O) groups is 1. The fraction of sp³-hybridized carbons (Fsp3) is 0.167.